The Morgan fingerprint density at radius 2 is 2.08 bits per heavy atom. The van der Waals surface area contributed by atoms with Crippen molar-refractivity contribution in [2.45, 2.75) is 29.1 Å². The number of nitrogens with zero attached hydrogens (tertiary/aromatic N) is 1. The molecule has 3 atom stereocenters. The van der Waals surface area contributed by atoms with Crippen molar-refractivity contribution in [1.29, 1.82) is 5.26 Å². The number of benzene rings is 1. The fourth-order valence-corrected chi connectivity index (χ4v) is 5.27. The summed E-state index contributed by atoms with van der Waals surface area (Å²) in [6.07, 6.45) is -2.60. The fraction of sp³-hybridized carbons (Fsp3) is 0.400. The molecule has 0 radical (unpaired) electrons. The van der Waals surface area contributed by atoms with Crippen LogP contribution in [0.4, 0.5) is 0 Å². The second-order valence-electron chi connectivity index (χ2n) is 5.62. The lowest BCUT2D eigenvalue weighted by Gasteiger charge is -2.26. The predicted octanol–water partition coefficient (Wildman–Crippen LogP) is 0.175. The first-order chi connectivity index (χ1) is 11.7. The van der Waals surface area contributed by atoms with Gasteiger partial charge in [-0.3, -0.25) is 9.59 Å². The maximum absolute atomic E-state index is 12.8. The Morgan fingerprint density at radius 3 is 2.64 bits per heavy atom. The number of rotatable bonds is 5. The van der Waals surface area contributed by atoms with Crippen molar-refractivity contribution in [3.63, 3.8) is 0 Å². The third-order valence-corrected chi connectivity index (χ3v) is 6.91. The minimum absolute atomic E-state index is 0.0133. The van der Waals surface area contributed by atoms with Crippen LogP contribution in [0.2, 0.25) is 5.02 Å². The van der Waals surface area contributed by atoms with E-state index >= 15 is 0 Å². The molecule has 0 saturated heterocycles. The SMILES string of the molecule is N#CCOC(=O)[C@]1(C(N)=O)C[C@@H](S(=O)(=O)c2ccccc2Cl)C[C@H]1O. The molecule has 3 N–H and O–H groups in total. The summed E-state index contributed by atoms with van der Waals surface area (Å²) in [6.45, 7) is -0.650. The van der Waals surface area contributed by atoms with E-state index < -0.39 is 57.9 Å². The highest BCUT2D eigenvalue weighted by molar-refractivity contribution is 7.92. The monoisotopic (exact) mass is 386 g/mol. The Bertz CT molecular complexity index is 850. The maximum atomic E-state index is 12.8. The molecule has 0 unspecified atom stereocenters. The number of carbonyl (C=O) groups is 2. The number of aliphatic hydroxyl groups is 1. The summed E-state index contributed by atoms with van der Waals surface area (Å²) in [4.78, 5) is 23.9. The van der Waals surface area contributed by atoms with Crippen molar-refractivity contribution in [3.05, 3.63) is 29.3 Å². The third-order valence-electron chi connectivity index (χ3n) is 4.26. The average molecular weight is 387 g/mol. The minimum atomic E-state index is -4.03. The molecule has 1 aliphatic rings. The van der Waals surface area contributed by atoms with Crippen molar-refractivity contribution < 1.29 is 27.9 Å². The quantitative estimate of drug-likeness (QED) is 0.541. The van der Waals surface area contributed by atoms with Crippen LogP contribution in [0.3, 0.4) is 0 Å². The van der Waals surface area contributed by atoms with Crippen molar-refractivity contribution in [2.75, 3.05) is 6.61 Å². The van der Waals surface area contributed by atoms with Crippen LogP contribution in [0.5, 0.6) is 0 Å². The number of aliphatic hydroxyl groups excluding tert-OH is 1. The minimum Gasteiger partial charge on any atom is -0.449 e. The molecule has 1 aliphatic carbocycles. The van der Waals surface area contributed by atoms with Crippen LogP contribution in [-0.4, -0.2) is 43.4 Å². The molecule has 0 bridgehead atoms. The first kappa shape index (κ1) is 19.2. The smallest absolute Gasteiger partial charge is 0.325 e. The lowest BCUT2D eigenvalue weighted by molar-refractivity contribution is -0.165. The van der Waals surface area contributed by atoms with E-state index in [1.807, 2.05) is 0 Å². The molecule has 0 spiro atoms. The molecule has 8 nitrogen and oxygen atoms in total. The molecular formula is C15H15ClN2O6S. The zero-order chi connectivity index (χ0) is 18.8. The van der Waals surface area contributed by atoms with E-state index in [9.17, 15) is 23.1 Å². The van der Waals surface area contributed by atoms with Gasteiger partial charge in [-0.05, 0) is 25.0 Å². The third kappa shape index (κ3) is 3.20. The van der Waals surface area contributed by atoms with Gasteiger partial charge in [0, 0.05) is 0 Å². The molecule has 0 aliphatic heterocycles. The van der Waals surface area contributed by atoms with Gasteiger partial charge in [-0.2, -0.15) is 5.26 Å². The van der Waals surface area contributed by atoms with Crippen LogP contribution < -0.4 is 5.73 Å². The van der Waals surface area contributed by atoms with Crippen LogP contribution in [0.25, 0.3) is 0 Å². The lowest BCUT2D eigenvalue weighted by Crippen LogP contribution is -2.50. The van der Waals surface area contributed by atoms with Gasteiger partial charge >= 0.3 is 5.97 Å². The Kier molecular flexibility index (Phi) is 5.37. The Hall–Kier alpha value is -2.15. The summed E-state index contributed by atoms with van der Waals surface area (Å²) in [5, 5.41) is 17.5. The molecule has 2 rings (SSSR count). The molecule has 1 amide bonds. The maximum Gasteiger partial charge on any atom is 0.325 e. The first-order valence-electron chi connectivity index (χ1n) is 7.18. The van der Waals surface area contributed by atoms with Gasteiger partial charge in [0.25, 0.3) is 0 Å². The largest absolute Gasteiger partial charge is 0.449 e. The van der Waals surface area contributed by atoms with E-state index in [-0.39, 0.29) is 9.92 Å². The van der Waals surface area contributed by atoms with Gasteiger partial charge in [-0.15, -0.1) is 0 Å². The molecule has 1 aromatic carbocycles. The van der Waals surface area contributed by atoms with E-state index in [0.29, 0.717) is 0 Å². The van der Waals surface area contributed by atoms with Gasteiger partial charge < -0.3 is 15.6 Å². The zero-order valence-electron chi connectivity index (χ0n) is 12.9. The van der Waals surface area contributed by atoms with Crippen LogP contribution >= 0.6 is 11.6 Å². The number of nitriles is 1. The normalized spacial score (nSPS) is 26.0. The van der Waals surface area contributed by atoms with Crippen molar-refractivity contribution in [2.24, 2.45) is 11.1 Å². The molecule has 134 valence electrons. The summed E-state index contributed by atoms with van der Waals surface area (Å²) < 4.78 is 30.2. The van der Waals surface area contributed by atoms with E-state index in [4.69, 9.17) is 22.6 Å². The van der Waals surface area contributed by atoms with E-state index in [1.54, 1.807) is 12.1 Å². The number of primary amides is 1. The number of ether oxygens (including phenoxy) is 1. The molecule has 25 heavy (non-hydrogen) atoms. The highest BCUT2D eigenvalue weighted by Crippen LogP contribution is 2.44. The predicted molar refractivity (Wildman–Crippen MR) is 85.9 cm³/mol. The summed E-state index contributed by atoms with van der Waals surface area (Å²) in [5.74, 6) is -2.43. The fourth-order valence-electron chi connectivity index (χ4n) is 2.93. The summed E-state index contributed by atoms with van der Waals surface area (Å²) >= 11 is 5.93. The summed E-state index contributed by atoms with van der Waals surface area (Å²) in [6, 6.07) is 7.27. The molecular weight excluding hydrogens is 372 g/mol. The summed E-state index contributed by atoms with van der Waals surface area (Å²) in [5.41, 5.74) is 3.04. The number of hydrogen-bond donors (Lipinski definition) is 2. The highest BCUT2D eigenvalue weighted by Gasteiger charge is 2.60. The molecule has 10 heteroatoms. The molecule has 0 heterocycles. The Labute approximate surface area is 149 Å². The number of sulfone groups is 1. The second-order valence-corrected chi connectivity index (χ2v) is 8.23. The van der Waals surface area contributed by atoms with Crippen molar-refractivity contribution in [1.82, 2.24) is 0 Å². The number of halogens is 1. The molecule has 1 saturated carbocycles. The molecule has 1 fully saturated rings. The number of carbonyl (C=O) groups excluding carboxylic acids is 2. The van der Waals surface area contributed by atoms with E-state index in [2.05, 4.69) is 4.74 Å². The van der Waals surface area contributed by atoms with E-state index in [0.717, 1.165) is 0 Å². The second kappa shape index (κ2) is 7.00. The standard InChI is InChI=1S/C15H15ClN2O6S/c16-10-3-1-2-4-11(10)25(22,23)9-7-12(19)15(8-9,13(18)20)14(21)24-6-5-17/h1-4,9,12,19H,6-8H2,(H2,18,20)/t9-,12+,15+/m0/s1. The Balaban J connectivity index is 2.42. The van der Waals surface area contributed by atoms with Gasteiger partial charge in [0.05, 0.1) is 21.3 Å². The van der Waals surface area contributed by atoms with Gasteiger partial charge in [-0.25, -0.2) is 8.42 Å². The Morgan fingerprint density at radius 1 is 1.44 bits per heavy atom. The van der Waals surface area contributed by atoms with Gasteiger partial charge in [0.2, 0.25) is 5.91 Å². The summed E-state index contributed by atoms with van der Waals surface area (Å²) in [7, 11) is -4.03. The average Bonchev–Trinajstić information content (AvgIpc) is 2.92. The van der Waals surface area contributed by atoms with Crippen LogP contribution in [-0.2, 0) is 24.2 Å². The van der Waals surface area contributed by atoms with Gasteiger partial charge in [-0.1, -0.05) is 23.7 Å². The lowest BCUT2D eigenvalue weighted by atomic mass is 9.83. The number of amides is 1. The van der Waals surface area contributed by atoms with Crippen molar-refractivity contribution >= 4 is 33.3 Å². The molecule has 1 aromatic rings. The van der Waals surface area contributed by atoms with Crippen molar-refractivity contribution in [3.8, 4) is 6.07 Å². The van der Waals surface area contributed by atoms with Crippen LogP contribution in [0, 0.1) is 16.7 Å². The van der Waals surface area contributed by atoms with Gasteiger partial charge in [0.1, 0.15) is 6.07 Å². The topological polar surface area (TPSA) is 148 Å². The number of hydrogen-bond acceptors (Lipinski definition) is 7. The van der Waals surface area contributed by atoms with Crippen LogP contribution in [0.1, 0.15) is 12.8 Å². The molecule has 0 aromatic heterocycles. The number of esters is 1. The zero-order valence-corrected chi connectivity index (χ0v) is 14.5. The highest BCUT2D eigenvalue weighted by atomic mass is 35.5. The van der Waals surface area contributed by atoms with E-state index in [1.165, 1.54) is 18.2 Å². The van der Waals surface area contributed by atoms with Crippen LogP contribution in [0.15, 0.2) is 29.2 Å². The first-order valence-corrected chi connectivity index (χ1v) is 9.11. The van der Waals surface area contributed by atoms with Gasteiger partial charge in [0.15, 0.2) is 21.9 Å². The number of nitrogens with two attached hydrogens (primary N) is 1.